The van der Waals surface area contributed by atoms with Gasteiger partial charge in [0, 0.05) is 10.1 Å². The molecule has 1 heterocycles. The highest BCUT2D eigenvalue weighted by molar-refractivity contribution is 7.21. The molecule has 0 spiro atoms. The number of ether oxygens (including phenoxy) is 1. The maximum absolute atomic E-state index is 12.1. The van der Waals surface area contributed by atoms with Gasteiger partial charge in [-0.25, -0.2) is 4.79 Å². The minimum atomic E-state index is -0.584. The van der Waals surface area contributed by atoms with Gasteiger partial charge in [0.2, 0.25) is 5.91 Å². The molecule has 1 aromatic heterocycles. The van der Waals surface area contributed by atoms with Crippen LogP contribution >= 0.6 is 11.3 Å². The standard InChI is InChI=1S/C15H18N2O3S/c1-3-6-10(16)14(18)17-12-9-7-4-5-8-11(9)21-13(12)15(19)20-2/h4-5,7-8,10H,3,6,16H2,1-2H3,(H,17,18)/t10-/m0/s1. The number of anilines is 1. The van der Waals surface area contributed by atoms with Gasteiger partial charge in [-0.2, -0.15) is 0 Å². The Balaban J connectivity index is 2.41. The number of carbonyl (C=O) groups is 2. The van der Waals surface area contributed by atoms with Gasteiger partial charge in [-0.05, 0) is 12.5 Å². The molecule has 5 nitrogen and oxygen atoms in total. The first-order valence-corrected chi connectivity index (χ1v) is 7.56. The van der Waals surface area contributed by atoms with Gasteiger partial charge in [0.05, 0.1) is 18.8 Å². The number of benzene rings is 1. The van der Waals surface area contributed by atoms with Gasteiger partial charge in [-0.15, -0.1) is 11.3 Å². The Labute approximate surface area is 127 Å². The van der Waals surface area contributed by atoms with Crippen LogP contribution in [0, 0.1) is 0 Å². The van der Waals surface area contributed by atoms with Gasteiger partial charge in [-0.1, -0.05) is 31.5 Å². The number of hydrogen-bond acceptors (Lipinski definition) is 5. The number of carbonyl (C=O) groups excluding carboxylic acids is 2. The van der Waals surface area contributed by atoms with Crippen molar-refractivity contribution in [3.8, 4) is 0 Å². The smallest absolute Gasteiger partial charge is 0.350 e. The fraction of sp³-hybridized carbons (Fsp3) is 0.333. The van der Waals surface area contributed by atoms with Crippen LogP contribution in [-0.4, -0.2) is 25.0 Å². The van der Waals surface area contributed by atoms with Crippen LogP contribution in [0.3, 0.4) is 0 Å². The van der Waals surface area contributed by atoms with Crippen LogP contribution in [0.5, 0.6) is 0 Å². The lowest BCUT2D eigenvalue weighted by Gasteiger charge is -2.11. The van der Waals surface area contributed by atoms with Crippen LogP contribution in [0.15, 0.2) is 24.3 Å². The van der Waals surface area contributed by atoms with E-state index in [0.29, 0.717) is 17.0 Å². The number of methoxy groups -OCH3 is 1. The number of thiophene rings is 1. The van der Waals surface area contributed by atoms with E-state index in [1.807, 2.05) is 31.2 Å². The number of nitrogens with two attached hydrogens (primary N) is 1. The first-order valence-electron chi connectivity index (χ1n) is 6.74. The van der Waals surface area contributed by atoms with Gasteiger partial charge in [0.1, 0.15) is 4.88 Å². The Morgan fingerprint density at radius 3 is 2.76 bits per heavy atom. The normalized spacial score (nSPS) is 12.1. The zero-order valence-electron chi connectivity index (χ0n) is 12.0. The van der Waals surface area contributed by atoms with Gasteiger partial charge >= 0.3 is 5.97 Å². The molecule has 1 atom stereocenters. The van der Waals surface area contributed by atoms with Crippen LogP contribution in [0.25, 0.3) is 10.1 Å². The van der Waals surface area contributed by atoms with E-state index in [1.165, 1.54) is 18.4 Å². The molecule has 0 saturated carbocycles. The van der Waals surface area contributed by atoms with Crippen molar-refractivity contribution in [1.29, 1.82) is 0 Å². The summed E-state index contributed by atoms with van der Waals surface area (Å²) in [6.07, 6.45) is 1.42. The maximum Gasteiger partial charge on any atom is 0.350 e. The molecule has 0 fully saturated rings. The second-order valence-corrected chi connectivity index (χ2v) is 5.73. The molecule has 0 bridgehead atoms. The highest BCUT2D eigenvalue weighted by Gasteiger charge is 2.22. The van der Waals surface area contributed by atoms with Crippen LogP contribution in [-0.2, 0) is 9.53 Å². The minimum absolute atomic E-state index is 0.287. The molecule has 0 saturated heterocycles. The van der Waals surface area contributed by atoms with Crippen molar-refractivity contribution < 1.29 is 14.3 Å². The zero-order chi connectivity index (χ0) is 15.4. The van der Waals surface area contributed by atoms with Gasteiger partial charge < -0.3 is 15.8 Å². The summed E-state index contributed by atoms with van der Waals surface area (Å²) < 4.78 is 5.70. The average Bonchev–Trinajstić information content (AvgIpc) is 2.85. The highest BCUT2D eigenvalue weighted by atomic mass is 32.1. The number of nitrogens with one attached hydrogen (secondary N) is 1. The largest absolute Gasteiger partial charge is 0.465 e. The summed E-state index contributed by atoms with van der Waals surface area (Å²) >= 11 is 1.29. The van der Waals surface area contributed by atoms with Crippen molar-refractivity contribution in [2.24, 2.45) is 5.73 Å². The zero-order valence-corrected chi connectivity index (χ0v) is 12.8. The van der Waals surface area contributed by atoms with Crippen molar-refractivity contribution in [1.82, 2.24) is 0 Å². The van der Waals surface area contributed by atoms with Crippen molar-refractivity contribution >= 4 is 39.0 Å². The fourth-order valence-corrected chi connectivity index (χ4v) is 3.14. The maximum atomic E-state index is 12.1. The molecular weight excluding hydrogens is 288 g/mol. The lowest BCUT2D eigenvalue weighted by Crippen LogP contribution is -2.35. The summed E-state index contributed by atoms with van der Waals surface area (Å²) in [5.74, 6) is -0.749. The first-order chi connectivity index (χ1) is 10.1. The van der Waals surface area contributed by atoms with E-state index in [2.05, 4.69) is 5.32 Å². The van der Waals surface area contributed by atoms with Gasteiger partial charge in [0.25, 0.3) is 0 Å². The lowest BCUT2D eigenvalue weighted by atomic mass is 10.1. The van der Waals surface area contributed by atoms with Crippen molar-refractivity contribution in [3.63, 3.8) is 0 Å². The molecule has 0 aliphatic carbocycles. The summed E-state index contributed by atoms with van der Waals surface area (Å²) in [6, 6.07) is 6.92. The predicted molar refractivity (Wildman–Crippen MR) is 84.7 cm³/mol. The SMILES string of the molecule is CCC[C@H](N)C(=O)Nc1c(C(=O)OC)sc2ccccc12. The number of rotatable bonds is 5. The van der Waals surface area contributed by atoms with E-state index in [9.17, 15) is 9.59 Å². The third-order valence-corrected chi connectivity index (χ3v) is 4.30. The lowest BCUT2D eigenvalue weighted by molar-refractivity contribution is -0.117. The van der Waals surface area contributed by atoms with E-state index >= 15 is 0 Å². The quantitative estimate of drug-likeness (QED) is 0.832. The minimum Gasteiger partial charge on any atom is -0.465 e. The van der Waals surface area contributed by atoms with E-state index in [0.717, 1.165) is 16.5 Å². The molecule has 1 aromatic carbocycles. The molecule has 21 heavy (non-hydrogen) atoms. The van der Waals surface area contributed by atoms with Crippen LogP contribution in [0.1, 0.15) is 29.4 Å². The van der Waals surface area contributed by atoms with Gasteiger partial charge in [-0.3, -0.25) is 4.79 Å². The predicted octanol–water partition coefficient (Wildman–Crippen LogP) is 2.75. The second-order valence-electron chi connectivity index (χ2n) is 4.68. The Hall–Kier alpha value is -1.92. The third-order valence-electron chi connectivity index (χ3n) is 3.15. The van der Waals surface area contributed by atoms with E-state index < -0.39 is 12.0 Å². The van der Waals surface area contributed by atoms with E-state index in [4.69, 9.17) is 10.5 Å². The Kier molecular flexibility index (Phi) is 4.93. The number of esters is 1. The van der Waals surface area contributed by atoms with Crippen molar-refractivity contribution in [2.75, 3.05) is 12.4 Å². The molecule has 2 aromatic rings. The number of amides is 1. The molecule has 0 unspecified atom stereocenters. The fourth-order valence-electron chi connectivity index (χ4n) is 2.06. The Morgan fingerprint density at radius 2 is 2.10 bits per heavy atom. The molecule has 0 radical (unpaired) electrons. The third kappa shape index (κ3) is 3.22. The second kappa shape index (κ2) is 6.69. The summed E-state index contributed by atoms with van der Waals surface area (Å²) in [7, 11) is 1.32. The topological polar surface area (TPSA) is 81.4 Å². The van der Waals surface area contributed by atoms with E-state index in [1.54, 1.807) is 0 Å². The summed E-state index contributed by atoms with van der Waals surface area (Å²) in [5.41, 5.74) is 6.31. The average molecular weight is 306 g/mol. The Morgan fingerprint density at radius 1 is 1.38 bits per heavy atom. The molecule has 3 N–H and O–H groups in total. The monoisotopic (exact) mass is 306 g/mol. The Bertz CT molecular complexity index is 666. The van der Waals surface area contributed by atoms with Crippen LogP contribution < -0.4 is 11.1 Å². The summed E-state index contributed by atoms with van der Waals surface area (Å²) in [4.78, 5) is 24.4. The number of hydrogen-bond donors (Lipinski definition) is 2. The first kappa shape index (κ1) is 15.5. The van der Waals surface area contributed by atoms with Crippen LogP contribution in [0.4, 0.5) is 5.69 Å². The van der Waals surface area contributed by atoms with Gasteiger partial charge in [0.15, 0.2) is 0 Å². The molecule has 0 aliphatic heterocycles. The molecule has 6 heteroatoms. The summed E-state index contributed by atoms with van der Waals surface area (Å²) in [5, 5.41) is 3.60. The van der Waals surface area contributed by atoms with Crippen molar-refractivity contribution in [2.45, 2.75) is 25.8 Å². The van der Waals surface area contributed by atoms with Crippen LogP contribution in [0.2, 0.25) is 0 Å². The molecular formula is C15H18N2O3S. The molecule has 0 aliphatic rings. The molecule has 112 valence electrons. The summed E-state index contributed by atoms with van der Waals surface area (Å²) in [6.45, 7) is 1.97. The number of fused-ring (bicyclic) bond motifs is 1. The molecule has 1 amide bonds. The van der Waals surface area contributed by atoms with Crippen molar-refractivity contribution in [3.05, 3.63) is 29.1 Å². The molecule has 2 rings (SSSR count). The van der Waals surface area contributed by atoms with E-state index in [-0.39, 0.29) is 5.91 Å². The highest BCUT2D eigenvalue weighted by Crippen LogP contribution is 2.36.